The van der Waals surface area contributed by atoms with Gasteiger partial charge in [-0.2, -0.15) is 0 Å². The minimum atomic E-state index is -0.437. The van der Waals surface area contributed by atoms with Crippen molar-refractivity contribution in [3.05, 3.63) is 76.7 Å². The molecule has 27 heavy (non-hydrogen) atoms. The summed E-state index contributed by atoms with van der Waals surface area (Å²) in [5, 5.41) is 14.5. The number of carbonyl (C=O) groups is 2. The van der Waals surface area contributed by atoms with Crippen LogP contribution in [0.1, 0.15) is 29.0 Å². The second-order valence-corrected chi connectivity index (χ2v) is 6.55. The number of anilines is 1. The van der Waals surface area contributed by atoms with Crippen LogP contribution in [0.5, 0.6) is 0 Å². The molecule has 0 aliphatic carbocycles. The number of nitrogens with one attached hydrogen (secondary N) is 2. The molecule has 0 radical (unpaired) electrons. The summed E-state index contributed by atoms with van der Waals surface area (Å²) in [6, 6.07) is 11.4. The van der Waals surface area contributed by atoms with E-state index in [1.807, 2.05) is 19.1 Å². The van der Waals surface area contributed by atoms with Crippen LogP contribution < -0.4 is 10.6 Å². The maximum absolute atomic E-state index is 13.2. The van der Waals surface area contributed by atoms with Crippen LogP contribution in [0.25, 0.3) is 0 Å². The van der Waals surface area contributed by atoms with Crippen LogP contribution >= 0.6 is 0 Å². The summed E-state index contributed by atoms with van der Waals surface area (Å²) < 4.78 is 13.2. The summed E-state index contributed by atoms with van der Waals surface area (Å²) in [6.45, 7) is 1.95. The molecular formula is C21H21FN2O3. The van der Waals surface area contributed by atoms with E-state index in [0.717, 1.165) is 11.1 Å². The average molecular weight is 368 g/mol. The molecule has 1 unspecified atom stereocenters. The maximum Gasteiger partial charge on any atom is 0.253 e. The highest BCUT2D eigenvalue weighted by Crippen LogP contribution is 2.31. The predicted octanol–water partition coefficient (Wildman–Crippen LogP) is 2.80. The second-order valence-electron chi connectivity index (χ2n) is 6.55. The van der Waals surface area contributed by atoms with Crippen LogP contribution in [-0.2, 0) is 16.0 Å². The molecule has 0 saturated heterocycles. The summed E-state index contributed by atoms with van der Waals surface area (Å²) in [4.78, 5) is 24.7. The molecule has 1 atom stereocenters. The van der Waals surface area contributed by atoms with Crippen molar-refractivity contribution in [1.29, 1.82) is 0 Å². The van der Waals surface area contributed by atoms with Gasteiger partial charge in [0.1, 0.15) is 5.82 Å². The van der Waals surface area contributed by atoms with Crippen molar-refractivity contribution in [3.63, 3.8) is 0 Å². The van der Waals surface area contributed by atoms with Gasteiger partial charge in [-0.15, -0.1) is 0 Å². The monoisotopic (exact) mass is 368 g/mol. The molecule has 2 aromatic rings. The zero-order chi connectivity index (χ0) is 19.4. The van der Waals surface area contributed by atoms with Crippen molar-refractivity contribution < 1.29 is 19.1 Å². The van der Waals surface area contributed by atoms with Gasteiger partial charge < -0.3 is 15.7 Å². The molecular weight excluding hydrogens is 347 g/mol. The van der Waals surface area contributed by atoms with E-state index in [2.05, 4.69) is 10.6 Å². The number of halogens is 1. The highest BCUT2D eigenvalue weighted by atomic mass is 19.1. The Labute approximate surface area is 156 Å². The second kappa shape index (κ2) is 8.14. The zero-order valence-electron chi connectivity index (χ0n) is 15.0. The van der Waals surface area contributed by atoms with Crippen molar-refractivity contribution in [2.75, 3.05) is 11.9 Å². The molecule has 3 N–H and O–H groups in total. The number of benzene rings is 2. The van der Waals surface area contributed by atoms with E-state index in [1.165, 1.54) is 18.3 Å². The molecule has 1 heterocycles. The number of aryl methyl sites for hydroxylation is 1. The van der Waals surface area contributed by atoms with Crippen LogP contribution in [0.4, 0.5) is 10.1 Å². The summed E-state index contributed by atoms with van der Waals surface area (Å²) in [6.07, 6.45) is 2.10. The molecule has 0 spiro atoms. The normalized spacial score (nSPS) is 16.5. The predicted molar refractivity (Wildman–Crippen MR) is 101 cm³/mol. The Morgan fingerprint density at radius 1 is 1.26 bits per heavy atom. The SMILES string of the molecule is Cc1cc(CCO)ccc1NC(=O)C1=CNC(=O)CC1c1ccc(F)cc1. The molecule has 3 rings (SSSR count). The van der Waals surface area contributed by atoms with Gasteiger partial charge in [-0.1, -0.05) is 24.3 Å². The first-order chi connectivity index (χ1) is 13.0. The molecule has 0 fully saturated rings. The third kappa shape index (κ3) is 4.41. The Balaban J connectivity index is 1.83. The third-order valence-electron chi connectivity index (χ3n) is 4.63. The van der Waals surface area contributed by atoms with E-state index in [0.29, 0.717) is 23.2 Å². The number of aliphatic hydroxyl groups is 1. The van der Waals surface area contributed by atoms with E-state index < -0.39 is 5.92 Å². The Morgan fingerprint density at radius 2 is 2.00 bits per heavy atom. The van der Waals surface area contributed by atoms with Crippen LogP contribution in [0.2, 0.25) is 0 Å². The first kappa shape index (κ1) is 18.8. The molecule has 6 heteroatoms. The third-order valence-corrected chi connectivity index (χ3v) is 4.63. The van der Waals surface area contributed by atoms with Crippen LogP contribution in [-0.4, -0.2) is 23.5 Å². The molecule has 2 amide bonds. The topological polar surface area (TPSA) is 78.4 Å². The first-order valence-corrected chi connectivity index (χ1v) is 8.74. The molecule has 5 nitrogen and oxygen atoms in total. The van der Waals surface area contributed by atoms with Crippen LogP contribution in [0.15, 0.2) is 54.2 Å². The Bertz CT molecular complexity index is 891. The van der Waals surface area contributed by atoms with E-state index in [-0.39, 0.29) is 30.7 Å². The number of hydrogen-bond donors (Lipinski definition) is 3. The highest BCUT2D eigenvalue weighted by molar-refractivity contribution is 6.06. The standard InChI is InChI=1S/C21H21FN2O3/c1-13-10-14(8-9-25)2-7-19(13)24-21(27)18-12-23-20(26)11-17(18)15-3-5-16(22)6-4-15/h2-7,10,12,17,25H,8-9,11H2,1H3,(H,23,26)(H,24,27). The van der Waals surface area contributed by atoms with Gasteiger partial charge in [0.15, 0.2) is 0 Å². The number of amides is 2. The molecule has 0 saturated carbocycles. The fraction of sp³-hybridized carbons (Fsp3) is 0.238. The summed E-state index contributed by atoms with van der Waals surface area (Å²) >= 11 is 0. The van der Waals surface area contributed by atoms with Gasteiger partial charge in [0.2, 0.25) is 5.91 Å². The van der Waals surface area contributed by atoms with Crippen molar-refractivity contribution >= 4 is 17.5 Å². The molecule has 0 bridgehead atoms. The summed E-state index contributed by atoms with van der Waals surface area (Å²) in [5.41, 5.74) is 3.66. The first-order valence-electron chi connectivity index (χ1n) is 8.74. The largest absolute Gasteiger partial charge is 0.396 e. The molecule has 0 aromatic heterocycles. The Hall–Kier alpha value is -2.99. The number of aliphatic hydroxyl groups excluding tert-OH is 1. The van der Waals surface area contributed by atoms with Crippen LogP contribution in [0, 0.1) is 12.7 Å². The summed E-state index contributed by atoms with van der Waals surface area (Å²) in [7, 11) is 0. The van der Waals surface area contributed by atoms with E-state index in [1.54, 1.807) is 18.2 Å². The van der Waals surface area contributed by atoms with Gasteiger partial charge in [-0.05, 0) is 48.2 Å². The number of hydrogen-bond acceptors (Lipinski definition) is 3. The van der Waals surface area contributed by atoms with Crippen molar-refractivity contribution in [2.24, 2.45) is 0 Å². The van der Waals surface area contributed by atoms with Crippen molar-refractivity contribution in [2.45, 2.75) is 25.7 Å². The molecule has 1 aliphatic rings. The quantitative estimate of drug-likeness (QED) is 0.759. The number of carbonyl (C=O) groups excluding carboxylic acids is 2. The van der Waals surface area contributed by atoms with E-state index >= 15 is 0 Å². The number of rotatable bonds is 5. The van der Waals surface area contributed by atoms with Crippen molar-refractivity contribution in [1.82, 2.24) is 5.32 Å². The van der Waals surface area contributed by atoms with Gasteiger partial charge in [-0.3, -0.25) is 9.59 Å². The lowest BCUT2D eigenvalue weighted by molar-refractivity contribution is -0.121. The van der Waals surface area contributed by atoms with E-state index in [9.17, 15) is 14.0 Å². The lowest BCUT2D eigenvalue weighted by atomic mass is 9.86. The minimum absolute atomic E-state index is 0.0665. The van der Waals surface area contributed by atoms with E-state index in [4.69, 9.17) is 5.11 Å². The lowest BCUT2D eigenvalue weighted by Gasteiger charge is -2.24. The van der Waals surface area contributed by atoms with Gasteiger partial charge in [0.05, 0.1) is 0 Å². The average Bonchev–Trinajstić information content (AvgIpc) is 2.64. The van der Waals surface area contributed by atoms with Crippen molar-refractivity contribution in [3.8, 4) is 0 Å². The molecule has 1 aliphatic heterocycles. The van der Waals surface area contributed by atoms with Gasteiger partial charge in [-0.25, -0.2) is 4.39 Å². The van der Waals surface area contributed by atoms with Crippen LogP contribution in [0.3, 0.4) is 0 Å². The lowest BCUT2D eigenvalue weighted by Crippen LogP contribution is -2.32. The summed E-state index contributed by atoms with van der Waals surface area (Å²) in [5.74, 6) is -1.31. The smallest absolute Gasteiger partial charge is 0.253 e. The van der Waals surface area contributed by atoms with Gasteiger partial charge >= 0.3 is 0 Å². The minimum Gasteiger partial charge on any atom is -0.396 e. The van der Waals surface area contributed by atoms with Gasteiger partial charge in [0.25, 0.3) is 5.91 Å². The fourth-order valence-electron chi connectivity index (χ4n) is 3.17. The fourth-order valence-corrected chi connectivity index (χ4v) is 3.17. The Morgan fingerprint density at radius 3 is 2.67 bits per heavy atom. The maximum atomic E-state index is 13.2. The van der Waals surface area contributed by atoms with Gasteiger partial charge in [0, 0.05) is 36.4 Å². The molecule has 140 valence electrons. The molecule has 2 aromatic carbocycles. The zero-order valence-corrected chi connectivity index (χ0v) is 15.0. The highest BCUT2D eigenvalue weighted by Gasteiger charge is 2.29. The Kier molecular flexibility index (Phi) is 5.66.